The van der Waals surface area contributed by atoms with Gasteiger partial charge in [-0.2, -0.15) is 0 Å². The lowest BCUT2D eigenvalue weighted by molar-refractivity contribution is -0.120. The fraction of sp³-hybridized carbons (Fsp3) is 0.350. The van der Waals surface area contributed by atoms with E-state index in [2.05, 4.69) is 5.32 Å². The molecule has 0 radical (unpaired) electrons. The van der Waals surface area contributed by atoms with Crippen molar-refractivity contribution in [3.63, 3.8) is 0 Å². The molecule has 2 aromatic carbocycles. The smallest absolute Gasteiger partial charge is 0.141 e. The van der Waals surface area contributed by atoms with Crippen molar-refractivity contribution in [2.45, 2.75) is 38.3 Å². The molecule has 0 spiro atoms. The monoisotopic (exact) mass is 345 g/mol. The number of aliphatic hydroxyl groups is 1. The average Bonchev–Trinajstić information content (AvgIpc) is 2.62. The SMILES string of the molecule is CCC(=O)C(CNC(C)C(O)c1ccccc1)c1ccc(Cl)cc1. The van der Waals surface area contributed by atoms with Gasteiger partial charge in [0.25, 0.3) is 0 Å². The number of rotatable bonds is 8. The van der Waals surface area contributed by atoms with Gasteiger partial charge in [-0.25, -0.2) is 0 Å². The second-order valence-electron chi connectivity index (χ2n) is 5.98. The molecule has 0 aliphatic rings. The molecule has 0 amide bonds. The van der Waals surface area contributed by atoms with Crippen LogP contribution >= 0.6 is 11.6 Å². The van der Waals surface area contributed by atoms with E-state index in [1.807, 2.05) is 56.3 Å². The highest BCUT2D eigenvalue weighted by atomic mass is 35.5. The van der Waals surface area contributed by atoms with Crippen LogP contribution in [0.15, 0.2) is 54.6 Å². The molecule has 0 aliphatic heterocycles. The van der Waals surface area contributed by atoms with Gasteiger partial charge in [0.2, 0.25) is 0 Å². The van der Waals surface area contributed by atoms with E-state index in [0.29, 0.717) is 18.0 Å². The molecule has 4 heteroatoms. The van der Waals surface area contributed by atoms with Gasteiger partial charge in [-0.1, -0.05) is 61.0 Å². The van der Waals surface area contributed by atoms with Crippen LogP contribution in [0.5, 0.6) is 0 Å². The number of ketones is 1. The standard InChI is InChI=1S/C20H24ClNO2/c1-3-19(23)18(15-9-11-17(21)12-10-15)13-22-14(2)20(24)16-7-5-4-6-8-16/h4-12,14,18,20,22,24H,3,13H2,1-2H3. The van der Waals surface area contributed by atoms with Crippen LogP contribution in [0.1, 0.15) is 43.4 Å². The van der Waals surface area contributed by atoms with Crippen molar-refractivity contribution < 1.29 is 9.90 Å². The first-order chi connectivity index (χ1) is 11.5. The summed E-state index contributed by atoms with van der Waals surface area (Å²) >= 11 is 5.93. The maximum Gasteiger partial charge on any atom is 0.141 e. The van der Waals surface area contributed by atoms with E-state index in [4.69, 9.17) is 11.6 Å². The molecule has 2 rings (SSSR count). The van der Waals surface area contributed by atoms with Gasteiger partial charge in [0.1, 0.15) is 5.78 Å². The molecular weight excluding hydrogens is 322 g/mol. The van der Waals surface area contributed by atoms with Crippen LogP contribution in [0.25, 0.3) is 0 Å². The number of Topliss-reactive ketones (excluding diaryl/α,β-unsaturated/α-hetero) is 1. The molecule has 2 N–H and O–H groups in total. The van der Waals surface area contributed by atoms with Crippen molar-refractivity contribution in [1.82, 2.24) is 5.32 Å². The highest BCUT2D eigenvalue weighted by Crippen LogP contribution is 2.22. The summed E-state index contributed by atoms with van der Waals surface area (Å²) < 4.78 is 0. The zero-order valence-corrected chi connectivity index (χ0v) is 14.8. The summed E-state index contributed by atoms with van der Waals surface area (Å²) in [7, 11) is 0. The summed E-state index contributed by atoms with van der Waals surface area (Å²) in [4.78, 5) is 12.3. The first-order valence-corrected chi connectivity index (χ1v) is 8.65. The van der Waals surface area contributed by atoms with Crippen LogP contribution in [0.2, 0.25) is 5.02 Å². The van der Waals surface area contributed by atoms with Crippen LogP contribution in [0.4, 0.5) is 0 Å². The molecule has 0 saturated carbocycles. The molecule has 3 nitrogen and oxygen atoms in total. The minimum Gasteiger partial charge on any atom is -0.387 e. The Morgan fingerprint density at radius 2 is 1.71 bits per heavy atom. The van der Waals surface area contributed by atoms with Crippen molar-refractivity contribution in [2.75, 3.05) is 6.54 Å². The number of carbonyl (C=O) groups is 1. The fourth-order valence-electron chi connectivity index (χ4n) is 2.71. The Morgan fingerprint density at radius 1 is 1.08 bits per heavy atom. The lowest BCUT2D eigenvalue weighted by atomic mass is 9.92. The molecule has 24 heavy (non-hydrogen) atoms. The number of aliphatic hydroxyl groups excluding tert-OH is 1. The van der Waals surface area contributed by atoms with E-state index in [1.165, 1.54) is 0 Å². The molecule has 0 bridgehead atoms. The number of hydrogen-bond acceptors (Lipinski definition) is 3. The number of benzene rings is 2. The largest absolute Gasteiger partial charge is 0.387 e. The van der Waals surface area contributed by atoms with Crippen molar-refractivity contribution >= 4 is 17.4 Å². The Morgan fingerprint density at radius 3 is 2.29 bits per heavy atom. The number of hydrogen-bond donors (Lipinski definition) is 2. The van der Waals surface area contributed by atoms with Crippen molar-refractivity contribution in [3.05, 3.63) is 70.7 Å². The summed E-state index contributed by atoms with van der Waals surface area (Å²) in [5.41, 5.74) is 1.81. The Bertz CT molecular complexity index is 642. The highest BCUT2D eigenvalue weighted by Gasteiger charge is 2.22. The van der Waals surface area contributed by atoms with E-state index in [1.54, 1.807) is 12.1 Å². The zero-order valence-electron chi connectivity index (χ0n) is 14.1. The maximum absolute atomic E-state index is 12.3. The molecule has 128 valence electrons. The van der Waals surface area contributed by atoms with Gasteiger partial charge >= 0.3 is 0 Å². The summed E-state index contributed by atoms with van der Waals surface area (Å²) in [5, 5.41) is 14.4. The van der Waals surface area contributed by atoms with Crippen LogP contribution in [-0.4, -0.2) is 23.5 Å². The molecule has 0 saturated heterocycles. The average molecular weight is 346 g/mol. The van der Waals surface area contributed by atoms with Gasteiger partial charge in [-0.3, -0.25) is 4.79 Å². The van der Waals surface area contributed by atoms with Gasteiger partial charge < -0.3 is 10.4 Å². The molecule has 2 aromatic rings. The fourth-order valence-corrected chi connectivity index (χ4v) is 2.84. The van der Waals surface area contributed by atoms with Gasteiger partial charge in [-0.15, -0.1) is 0 Å². The molecule has 0 fully saturated rings. The summed E-state index contributed by atoms with van der Waals surface area (Å²) in [6.07, 6.45) is -0.140. The van der Waals surface area contributed by atoms with Crippen LogP contribution in [0, 0.1) is 0 Å². The zero-order chi connectivity index (χ0) is 17.5. The molecule has 3 unspecified atom stereocenters. The summed E-state index contributed by atoms with van der Waals surface area (Å²) in [5.74, 6) is -0.0658. The minimum atomic E-state index is -0.617. The Kier molecular flexibility index (Phi) is 6.98. The van der Waals surface area contributed by atoms with Gasteiger partial charge in [0, 0.05) is 24.0 Å². The highest BCUT2D eigenvalue weighted by molar-refractivity contribution is 6.30. The van der Waals surface area contributed by atoms with Crippen LogP contribution in [0.3, 0.4) is 0 Å². The quantitative estimate of drug-likeness (QED) is 0.756. The number of carbonyl (C=O) groups excluding carboxylic acids is 1. The van der Waals surface area contributed by atoms with E-state index >= 15 is 0 Å². The molecule has 0 aliphatic carbocycles. The molecule has 0 aromatic heterocycles. The van der Waals surface area contributed by atoms with Gasteiger partial charge in [-0.05, 0) is 30.2 Å². The first kappa shape index (κ1) is 18.7. The Hall–Kier alpha value is -1.68. The van der Waals surface area contributed by atoms with E-state index in [9.17, 15) is 9.90 Å². The molecule has 0 heterocycles. The molecular formula is C20H24ClNO2. The predicted molar refractivity (Wildman–Crippen MR) is 98.4 cm³/mol. The summed E-state index contributed by atoms with van der Waals surface area (Å²) in [6, 6.07) is 16.8. The van der Waals surface area contributed by atoms with E-state index < -0.39 is 6.10 Å². The summed E-state index contributed by atoms with van der Waals surface area (Å²) in [6.45, 7) is 4.28. The third-order valence-corrected chi connectivity index (χ3v) is 4.52. The molecule has 3 atom stereocenters. The number of halogens is 1. The second-order valence-corrected chi connectivity index (χ2v) is 6.41. The number of nitrogens with one attached hydrogen (secondary N) is 1. The minimum absolute atomic E-state index is 0.160. The Balaban J connectivity index is 2.04. The van der Waals surface area contributed by atoms with Gasteiger partial charge in [0.05, 0.1) is 12.0 Å². The second kappa shape index (κ2) is 8.97. The van der Waals surface area contributed by atoms with Crippen molar-refractivity contribution in [2.24, 2.45) is 0 Å². The predicted octanol–water partition coefficient (Wildman–Crippen LogP) is 4.11. The first-order valence-electron chi connectivity index (χ1n) is 8.27. The lowest BCUT2D eigenvalue weighted by Crippen LogP contribution is -2.37. The third-order valence-electron chi connectivity index (χ3n) is 4.27. The van der Waals surface area contributed by atoms with Crippen LogP contribution < -0.4 is 5.32 Å². The topological polar surface area (TPSA) is 49.3 Å². The van der Waals surface area contributed by atoms with Crippen molar-refractivity contribution in [1.29, 1.82) is 0 Å². The third kappa shape index (κ3) is 4.91. The van der Waals surface area contributed by atoms with Crippen LogP contribution in [-0.2, 0) is 4.79 Å². The van der Waals surface area contributed by atoms with E-state index in [0.717, 1.165) is 11.1 Å². The van der Waals surface area contributed by atoms with E-state index in [-0.39, 0.29) is 17.7 Å². The maximum atomic E-state index is 12.3. The Labute approximate surface area is 148 Å². The normalized spacial score (nSPS) is 14.8. The van der Waals surface area contributed by atoms with Gasteiger partial charge in [0.15, 0.2) is 0 Å². The lowest BCUT2D eigenvalue weighted by Gasteiger charge is -2.24. The van der Waals surface area contributed by atoms with Crippen molar-refractivity contribution in [3.8, 4) is 0 Å².